The molecule has 2 aliphatic rings. The fourth-order valence-corrected chi connectivity index (χ4v) is 4.35. The van der Waals surface area contributed by atoms with Crippen molar-refractivity contribution < 1.29 is 19.5 Å². The minimum Gasteiger partial charge on any atom is -0.480 e. The van der Waals surface area contributed by atoms with Gasteiger partial charge in [-0.3, -0.25) is 9.59 Å². The van der Waals surface area contributed by atoms with E-state index in [-0.39, 0.29) is 11.8 Å². The van der Waals surface area contributed by atoms with E-state index in [4.69, 9.17) is 0 Å². The van der Waals surface area contributed by atoms with Gasteiger partial charge in [0.1, 0.15) is 12.6 Å². The molecular weight excluding hydrogens is 352 g/mol. The molecule has 3 rings (SSSR count). The minimum absolute atomic E-state index is 0.0467. The molecule has 6 nitrogen and oxygen atoms in total. The van der Waals surface area contributed by atoms with E-state index in [9.17, 15) is 19.5 Å². The Balaban J connectivity index is 1.74. The molecule has 0 spiro atoms. The summed E-state index contributed by atoms with van der Waals surface area (Å²) in [5.41, 5.74) is 1.11. The van der Waals surface area contributed by atoms with Gasteiger partial charge in [0.25, 0.3) is 5.91 Å². The Morgan fingerprint density at radius 1 is 1.19 bits per heavy atom. The second-order valence-electron chi connectivity index (χ2n) is 7.01. The summed E-state index contributed by atoms with van der Waals surface area (Å²) < 4.78 is 0. The van der Waals surface area contributed by atoms with Gasteiger partial charge in [0.2, 0.25) is 0 Å². The highest BCUT2D eigenvalue weighted by molar-refractivity contribution is 7.80. The second-order valence-corrected chi connectivity index (χ2v) is 7.60. The van der Waals surface area contributed by atoms with E-state index < -0.39 is 30.0 Å². The number of thiol groups is 1. The number of carbonyl (C=O) groups is 3. The molecule has 2 atom stereocenters. The van der Waals surface area contributed by atoms with Gasteiger partial charge < -0.3 is 10.0 Å². The summed E-state index contributed by atoms with van der Waals surface area (Å²) in [6.45, 7) is -0.443. The first kappa shape index (κ1) is 18.8. The number of benzene rings is 1. The molecule has 3 amide bonds. The Morgan fingerprint density at radius 2 is 1.85 bits per heavy atom. The summed E-state index contributed by atoms with van der Waals surface area (Å²) in [5.74, 6) is -1.35. The summed E-state index contributed by atoms with van der Waals surface area (Å²) in [7, 11) is 0. The number of carboxylic acid groups (broad SMARTS) is 1. The topological polar surface area (TPSA) is 77.9 Å². The van der Waals surface area contributed by atoms with E-state index in [2.05, 4.69) is 12.6 Å². The fourth-order valence-electron chi connectivity index (χ4n) is 4.01. The van der Waals surface area contributed by atoms with Gasteiger partial charge >= 0.3 is 12.0 Å². The second kappa shape index (κ2) is 8.12. The Morgan fingerprint density at radius 3 is 2.46 bits per heavy atom. The lowest BCUT2D eigenvalue weighted by Crippen LogP contribution is -2.42. The van der Waals surface area contributed by atoms with Crippen molar-refractivity contribution in [2.24, 2.45) is 5.92 Å². The summed E-state index contributed by atoms with van der Waals surface area (Å²) in [4.78, 5) is 39.4. The largest absolute Gasteiger partial charge is 0.480 e. The molecule has 26 heavy (non-hydrogen) atoms. The summed E-state index contributed by atoms with van der Waals surface area (Å²) in [5, 5.41) is 8.62. The average molecular weight is 376 g/mol. The number of hydrogen-bond donors (Lipinski definition) is 2. The summed E-state index contributed by atoms with van der Waals surface area (Å²) in [6.07, 6.45) is 4.97. The molecule has 1 aliphatic carbocycles. The Bertz CT molecular complexity index is 675. The molecule has 0 radical (unpaired) electrons. The Hall–Kier alpha value is -2.02. The highest BCUT2D eigenvalue weighted by atomic mass is 32.1. The zero-order chi connectivity index (χ0) is 18.7. The number of rotatable bonds is 7. The van der Waals surface area contributed by atoms with Crippen molar-refractivity contribution in [3.05, 3.63) is 35.9 Å². The van der Waals surface area contributed by atoms with Crippen LogP contribution in [0.4, 0.5) is 4.79 Å². The molecule has 0 bridgehead atoms. The SMILES string of the molecule is O=C(O)CN1C(=O)N(C(S)CCc2ccccc2)C(=O)C1C1CCCC1. The van der Waals surface area contributed by atoms with Gasteiger partial charge in [0, 0.05) is 0 Å². The van der Waals surface area contributed by atoms with Crippen LogP contribution in [0.25, 0.3) is 0 Å². The van der Waals surface area contributed by atoms with Gasteiger partial charge in [-0.05, 0) is 37.2 Å². The third kappa shape index (κ3) is 3.87. The number of nitrogens with zero attached hydrogens (tertiary/aromatic N) is 2. The molecule has 1 N–H and O–H groups in total. The van der Waals surface area contributed by atoms with Crippen LogP contribution in [0, 0.1) is 5.92 Å². The number of carbonyl (C=O) groups excluding carboxylic acids is 2. The Labute approximate surface area is 158 Å². The molecule has 140 valence electrons. The van der Waals surface area contributed by atoms with Crippen LogP contribution < -0.4 is 0 Å². The molecule has 2 fully saturated rings. The molecule has 1 saturated carbocycles. The minimum atomic E-state index is -1.10. The van der Waals surface area contributed by atoms with E-state index in [0.29, 0.717) is 12.8 Å². The van der Waals surface area contributed by atoms with Crippen LogP contribution >= 0.6 is 12.6 Å². The fraction of sp³-hybridized carbons (Fsp3) is 0.526. The lowest BCUT2D eigenvalue weighted by Gasteiger charge is -2.24. The van der Waals surface area contributed by atoms with Crippen molar-refractivity contribution in [2.75, 3.05) is 6.54 Å². The van der Waals surface area contributed by atoms with E-state index >= 15 is 0 Å². The number of aryl methyl sites for hydroxylation is 1. The quantitative estimate of drug-likeness (QED) is 0.567. The zero-order valence-electron chi connectivity index (χ0n) is 14.6. The third-order valence-corrected chi connectivity index (χ3v) is 5.75. The van der Waals surface area contributed by atoms with Crippen molar-refractivity contribution in [3.63, 3.8) is 0 Å². The number of imide groups is 1. The van der Waals surface area contributed by atoms with Gasteiger partial charge in [-0.1, -0.05) is 43.2 Å². The molecule has 7 heteroatoms. The number of urea groups is 1. The van der Waals surface area contributed by atoms with Crippen LogP contribution in [0.15, 0.2) is 30.3 Å². The van der Waals surface area contributed by atoms with Crippen LogP contribution in [0.3, 0.4) is 0 Å². The Kier molecular flexibility index (Phi) is 5.86. The van der Waals surface area contributed by atoms with E-state index in [1.807, 2.05) is 30.3 Å². The lowest BCUT2D eigenvalue weighted by molar-refractivity contribution is -0.138. The first-order valence-corrected chi connectivity index (χ1v) is 9.58. The molecule has 0 aromatic heterocycles. The van der Waals surface area contributed by atoms with Gasteiger partial charge in [0.15, 0.2) is 0 Å². The number of aliphatic carboxylic acids is 1. The number of amides is 3. The number of hydrogen-bond acceptors (Lipinski definition) is 4. The molecular formula is C19H24N2O4S. The van der Waals surface area contributed by atoms with E-state index in [0.717, 1.165) is 36.1 Å². The molecule has 1 saturated heterocycles. The van der Waals surface area contributed by atoms with Gasteiger partial charge in [-0.2, -0.15) is 12.6 Å². The molecule has 1 aromatic carbocycles. The van der Waals surface area contributed by atoms with E-state index in [1.165, 1.54) is 4.90 Å². The first-order chi connectivity index (χ1) is 12.5. The van der Waals surface area contributed by atoms with Gasteiger partial charge in [0.05, 0.1) is 5.37 Å². The summed E-state index contributed by atoms with van der Waals surface area (Å²) in [6, 6.07) is 8.62. The summed E-state index contributed by atoms with van der Waals surface area (Å²) >= 11 is 4.50. The standard InChI is InChI=1S/C19H24N2O4S/c22-16(23)12-20-17(14-8-4-5-9-14)18(24)21(19(20)25)15(26)11-10-13-6-2-1-3-7-13/h1-3,6-7,14-15,17,26H,4-5,8-12H2,(H,22,23). The van der Waals surface area contributed by atoms with Crippen molar-refractivity contribution in [1.82, 2.24) is 9.80 Å². The zero-order valence-corrected chi connectivity index (χ0v) is 15.5. The normalized spacial score (nSPS) is 22.3. The van der Waals surface area contributed by atoms with Crippen LogP contribution in [-0.4, -0.2) is 50.8 Å². The van der Waals surface area contributed by atoms with Crippen LogP contribution in [0.1, 0.15) is 37.7 Å². The van der Waals surface area contributed by atoms with Gasteiger partial charge in [-0.15, -0.1) is 0 Å². The van der Waals surface area contributed by atoms with Crippen LogP contribution in [0.2, 0.25) is 0 Å². The predicted molar refractivity (Wildman–Crippen MR) is 99.9 cm³/mol. The molecule has 2 unspecified atom stereocenters. The maximum atomic E-state index is 13.0. The first-order valence-electron chi connectivity index (χ1n) is 9.06. The average Bonchev–Trinajstić information content (AvgIpc) is 3.21. The monoisotopic (exact) mass is 376 g/mol. The highest BCUT2D eigenvalue weighted by Gasteiger charge is 2.51. The van der Waals surface area contributed by atoms with Crippen molar-refractivity contribution in [3.8, 4) is 0 Å². The van der Waals surface area contributed by atoms with E-state index in [1.54, 1.807) is 0 Å². The predicted octanol–water partition coefficient (Wildman–Crippen LogP) is 2.78. The van der Waals surface area contributed by atoms with Crippen molar-refractivity contribution >= 4 is 30.5 Å². The van der Waals surface area contributed by atoms with Crippen molar-refractivity contribution in [2.45, 2.75) is 49.9 Å². The maximum absolute atomic E-state index is 13.0. The third-order valence-electron chi connectivity index (χ3n) is 5.26. The van der Waals surface area contributed by atoms with Crippen LogP contribution in [-0.2, 0) is 16.0 Å². The smallest absolute Gasteiger partial charge is 0.328 e. The molecule has 1 heterocycles. The van der Waals surface area contributed by atoms with Crippen LogP contribution in [0.5, 0.6) is 0 Å². The highest BCUT2D eigenvalue weighted by Crippen LogP contribution is 2.36. The molecule has 1 aliphatic heterocycles. The van der Waals surface area contributed by atoms with Crippen molar-refractivity contribution in [1.29, 1.82) is 0 Å². The molecule has 1 aromatic rings. The maximum Gasteiger partial charge on any atom is 0.328 e. The number of carboxylic acids is 1. The lowest BCUT2D eigenvalue weighted by atomic mass is 9.97. The van der Waals surface area contributed by atoms with Gasteiger partial charge in [-0.25, -0.2) is 9.69 Å².